The maximum atomic E-state index is 12.0. The van der Waals surface area contributed by atoms with Crippen LogP contribution in [-0.2, 0) is 6.42 Å². The van der Waals surface area contributed by atoms with Gasteiger partial charge in [-0.05, 0) is 32.3 Å². The molecule has 22 heavy (non-hydrogen) atoms. The largest absolute Gasteiger partial charge is 0.352 e. The van der Waals surface area contributed by atoms with Gasteiger partial charge in [-0.3, -0.25) is 4.79 Å². The van der Waals surface area contributed by atoms with Gasteiger partial charge in [0.1, 0.15) is 0 Å². The number of anilines is 1. The Morgan fingerprint density at radius 1 is 1.14 bits per heavy atom. The van der Waals surface area contributed by atoms with Crippen LogP contribution >= 0.6 is 0 Å². The van der Waals surface area contributed by atoms with E-state index in [1.54, 1.807) is 12.4 Å². The Kier molecular flexibility index (Phi) is 5.89. The van der Waals surface area contributed by atoms with E-state index in [0.717, 1.165) is 12.8 Å². The van der Waals surface area contributed by atoms with Crippen molar-refractivity contribution in [1.82, 2.24) is 15.3 Å². The van der Waals surface area contributed by atoms with Crippen LogP contribution < -0.4 is 10.6 Å². The topological polar surface area (TPSA) is 66.9 Å². The summed E-state index contributed by atoms with van der Waals surface area (Å²) in [6.07, 6.45) is 4.95. The first-order valence-corrected chi connectivity index (χ1v) is 7.56. The van der Waals surface area contributed by atoms with E-state index in [1.807, 2.05) is 32.0 Å². The highest BCUT2D eigenvalue weighted by atomic mass is 16.1. The number of amides is 1. The second-order valence-electron chi connectivity index (χ2n) is 5.44. The first kappa shape index (κ1) is 15.9. The van der Waals surface area contributed by atoms with Crippen molar-refractivity contribution in [2.45, 2.75) is 32.7 Å². The quantitative estimate of drug-likeness (QED) is 0.771. The number of rotatable bonds is 7. The van der Waals surface area contributed by atoms with Gasteiger partial charge in [-0.15, -0.1) is 0 Å². The lowest BCUT2D eigenvalue weighted by Gasteiger charge is -2.08. The number of carbonyl (C=O) groups excluding carboxylic acids is 1. The van der Waals surface area contributed by atoms with Gasteiger partial charge in [0.05, 0.1) is 5.56 Å². The monoisotopic (exact) mass is 298 g/mol. The molecule has 0 unspecified atom stereocenters. The van der Waals surface area contributed by atoms with E-state index >= 15 is 0 Å². The Bertz CT molecular complexity index is 581. The van der Waals surface area contributed by atoms with E-state index in [2.05, 4.69) is 32.7 Å². The summed E-state index contributed by atoms with van der Waals surface area (Å²) in [4.78, 5) is 20.2. The fraction of sp³-hybridized carbons (Fsp3) is 0.353. The lowest BCUT2D eigenvalue weighted by Crippen LogP contribution is -2.25. The van der Waals surface area contributed by atoms with E-state index in [1.165, 1.54) is 5.56 Å². The number of nitrogens with zero attached hydrogens (tertiary/aromatic N) is 2. The lowest BCUT2D eigenvalue weighted by molar-refractivity contribution is 0.0952. The van der Waals surface area contributed by atoms with Crippen LogP contribution in [0.4, 0.5) is 5.95 Å². The summed E-state index contributed by atoms with van der Waals surface area (Å²) >= 11 is 0. The SMILES string of the molecule is CC(C)Nc1ncc(C(=O)NCCCc2ccccc2)cn1. The van der Waals surface area contributed by atoms with Crippen molar-refractivity contribution in [3.05, 3.63) is 53.9 Å². The van der Waals surface area contributed by atoms with E-state index in [4.69, 9.17) is 0 Å². The average Bonchev–Trinajstić information content (AvgIpc) is 2.52. The molecule has 5 heteroatoms. The molecule has 2 aromatic rings. The molecular weight excluding hydrogens is 276 g/mol. The van der Waals surface area contributed by atoms with E-state index < -0.39 is 0 Å². The zero-order chi connectivity index (χ0) is 15.8. The normalized spacial score (nSPS) is 10.5. The van der Waals surface area contributed by atoms with Crippen molar-refractivity contribution in [3.8, 4) is 0 Å². The Morgan fingerprint density at radius 3 is 2.45 bits per heavy atom. The highest BCUT2D eigenvalue weighted by Crippen LogP contribution is 2.03. The van der Waals surface area contributed by atoms with Gasteiger partial charge in [0, 0.05) is 25.0 Å². The highest BCUT2D eigenvalue weighted by molar-refractivity contribution is 5.93. The molecule has 1 aromatic heterocycles. The van der Waals surface area contributed by atoms with Gasteiger partial charge in [-0.2, -0.15) is 0 Å². The molecule has 0 fully saturated rings. The minimum Gasteiger partial charge on any atom is -0.352 e. The lowest BCUT2D eigenvalue weighted by atomic mass is 10.1. The van der Waals surface area contributed by atoms with Crippen LogP contribution in [0.2, 0.25) is 0 Å². The van der Waals surface area contributed by atoms with E-state index in [0.29, 0.717) is 18.1 Å². The molecule has 1 aromatic carbocycles. The van der Waals surface area contributed by atoms with Gasteiger partial charge in [-0.25, -0.2) is 9.97 Å². The van der Waals surface area contributed by atoms with Crippen molar-refractivity contribution in [3.63, 3.8) is 0 Å². The summed E-state index contributed by atoms with van der Waals surface area (Å²) < 4.78 is 0. The molecule has 0 saturated carbocycles. The Balaban J connectivity index is 1.75. The van der Waals surface area contributed by atoms with Crippen LogP contribution in [0.5, 0.6) is 0 Å². The van der Waals surface area contributed by atoms with Crippen LogP contribution in [0.25, 0.3) is 0 Å². The third kappa shape index (κ3) is 5.16. The number of aryl methyl sites for hydroxylation is 1. The molecule has 0 atom stereocenters. The summed E-state index contributed by atoms with van der Waals surface area (Å²) in [5.41, 5.74) is 1.76. The first-order valence-electron chi connectivity index (χ1n) is 7.56. The second kappa shape index (κ2) is 8.12. The molecule has 0 aliphatic heterocycles. The summed E-state index contributed by atoms with van der Waals surface area (Å²) in [6.45, 7) is 4.66. The molecule has 0 aliphatic rings. The van der Waals surface area contributed by atoms with Gasteiger partial charge in [0.2, 0.25) is 5.95 Å². The van der Waals surface area contributed by atoms with Crippen molar-refractivity contribution >= 4 is 11.9 Å². The van der Waals surface area contributed by atoms with Crippen LogP contribution in [0, 0.1) is 0 Å². The number of benzene rings is 1. The van der Waals surface area contributed by atoms with Crippen molar-refractivity contribution in [2.75, 3.05) is 11.9 Å². The predicted octanol–water partition coefficient (Wildman–Crippen LogP) is 2.66. The van der Waals surface area contributed by atoms with E-state index in [9.17, 15) is 4.79 Å². The predicted molar refractivity (Wildman–Crippen MR) is 87.9 cm³/mol. The smallest absolute Gasteiger partial charge is 0.254 e. The van der Waals surface area contributed by atoms with Gasteiger partial charge in [0.15, 0.2) is 0 Å². The molecular formula is C17H22N4O. The Hall–Kier alpha value is -2.43. The molecule has 0 radical (unpaired) electrons. The van der Waals surface area contributed by atoms with Crippen LogP contribution in [0.1, 0.15) is 36.2 Å². The Morgan fingerprint density at radius 2 is 1.82 bits per heavy atom. The van der Waals surface area contributed by atoms with Gasteiger partial charge in [-0.1, -0.05) is 30.3 Å². The van der Waals surface area contributed by atoms with Crippen LogP contribution in [0.15, 0.2) is 42.7 Å². The summed E-state index contributed by atoms with van der Waals surface area (Å²) in [5.74, 6) is 0.403. The standard InChI is InChI=1S/C17H22N4O/c1-13(2)21-17-19-11-15(12-20-17)16(22)18-10-6-9-14-7-4-3-5-8-14/h3-5,7-8,11-13H,6,9-10H2,1-2H3,(H,18,22)(H,19,20,21). The molecule has 1 amide bonds. The van der Waals surface area contributed by atoms with Gasteiger partial charge < -0.3 is 10.6 Å². The minimum absolute atomic E-state index is 0.135. The Labute approximate surface area is 131 Å². The molecule has 0 aliphatic carbocycles. The van der Waals surface area contributed by atoms with Crippen molar-refractivity contribution < 1.29 is 4.79 Å². The molecule has 2 rings (SSSR count). The zero-order valence-corrected chi connectivity index (χ0v) is 13.0. The van der Waals surface area contributed by atoms with Crippen molar-refractivity contribution in [1.29, 1.82) is 0 Å². The second-order valence-corrected chi connectivity index (χ2v) is 5.44. The number of carbonyl (C=O) groups is 1. The number of aromatic nitrogens is 2. The number of hydrogen-bond donors (Lipinski definition) is 2. The van der Waals surface area contributed by atoms with E-state index in [-0.39, 0.29) is 11.9 Å². The third-order valence-electron chi connectivity index (χ3n) is 3.10. The third-order valence-corrected chi connectivity index (χ3v) is 3.10. The van der Waals surface area contributed by atoms with Gasteiger partial charge in [0.25, 0.3) is 5.91 Å². The maximum Gasteiger partial charge on any atom is 0.254 e. The summed E-state index contributed by atoms with van der Waals surface area (Å²) in [7, 11) is 0. The maximum absolute atomic E-state index is 12.0. The molecule has 0 saturated heterocycles. The highest BCUT2D eigenvalue weighted by Gasteiger charge is 2.07. The fourth-order valence-corrected chi connectivity index (χ4v) is 2.02. The summed E-state index contributed by atoms with van der Waals surface area (Å²) in [5, 5.41) is 5.98. The molecule has 0 bridgehead atoms. The van der Waals surface area contributed by atoms with Crippen LogP contribution in [0.3, 0.4) is 0 Å². The molecule has 2 N–H and O–H groups in total. The minimum atomic E-state index is -0.135. The molecule has 1 heterocycles. The van der Waals surface area contributed by atoms with Crippen molar-refractivity contribution in [2.24, 2.45) is 0 Å². The zero-order valence-electron chi connectivity index (χ0n) is 13.0. The first-order chi connectivity index (χ1) is 10.6. The molecule has 116 valence electrons. The molecule has 0 spiro atoms. The number of hydrogen-bond acceptors (Lipinski definition) is 4. The summed E-state index contributed by atoms with van der Waals surface area (Å²) in [6, 6.07) is 10.5. The molecule has 5 nitrogen and oxygen atoms in total. The van der Waals surface area contributed by atoms with Gasteiger partial charge >= 0.3 is 0 Å². The fourth-order valence-electron chi connectivity index (χ4n) is 2.02. The number of nitrogens with one attached hydrogen (secondary N) is 2. The van der Waals surface area contributed by atoms with Crippen LogP contribution in [-0.4, -0.2) is 28.5 Å². The average molecular weight is 298 g/mol.